The Kier molecular flexibility index (Phi) is 4.88. The third-order valence-electron chi connectivity index (χ3n) is 5.68. The number of carbonyl (C=O) groups is 1. The van der Waals surface area contributed by atoms with Gasteiger partial charge in [0, 0.05) is 31.7 Å². The van der Waals surface area contributed by atoms with Crippen LogP contribution in [-0.4, -0.2) is 48.1 Å². The van der Waals surface area contributed by atoms with Gasteiger partial charge in [-0.25, -0.2) is 9.78 Å². The summed E-state index contributed by atoms with van der Waals surface area (Å²) in [6.07, 6.45) is -3.57. The molecule has 2 aliphatic heterocycles. The molecule has 1 fully saturated rings. The number of nitrogens with zero attached hydrogens (tertiary/aromatic N) is 4. The number of pyridine rings is 1. The number of alkyl halides is 3. The minimum atomic E-state index is -4.42. The summed E-state index contributed by atoms with van der Waals surface area (Å²) in [6.45, 7) is 6.63. The molecular weight excluding hydrogens is 381 g/mol. The Morgan fingerprint density at radius 1 is 1.21 bits per heavy atom. The minimum absolute atomic E-state index is 0.0276. The van der Waals surface area contributed by atoms with Crippen LogP contribution in [0.3, 0.4) is 0 Å². The van der Waals surface area contributed by atoms with Gasteiger partial charge in [-0.3, -0.25) is 4.90 Å². The highest BCUT2D eigenvalue weighted by atomic mass is 19.4. The van der Waals surface area contributed by atoms with Gasteiger partial charge in [0.05, 0.1) is 23.0 Å². The van der Waals surface area contributed by atoms with E-state index >= 15 is 0 Å². The molecule has 8 heteroatoms. The number of benzene rings is 1. The van der Waals surface area contributed by atoms with E-state index in [0.29, 0.717) is 30.2 Å². The second-order valence-electron chi connectivity index (χ2n) is 7.33. The van der Waals surface area contributed by atoms with E-state index in [9.17, 15) is 18.0 Å². The van der Waals surface area contributed by atoms with Crippen LogP contribution in [0.2, 0.25) is 0 Å². The van der Waals surface area contributed by atoms with Crippen LogP contribution in [0.1, 0.15) is 25.8 Å². The molecule has 154 valence electrons. The van der Waals surface area contributed by atoms with Crippen LogP contribution in [0.4, 0.5) is 29.5 Å². The zero-order valence-electron chi connectivity index (χ0n) is 16.4. The highest BCUT2D eigenvalue weighted by Crippen LogP contribution is 2.41. The molecule has 2 aliphatic rings. The molecule has 1 saturated heterocycles. The van der Waals surface area contributed by atoms with Crippen LogP contribution in [0.25, 0.3) is 11.3 Å². The topological polar surface area (TPSA) is 39.7 Å². The fraction of sp³-hybridized carbons (Fsp3) is 0.429. The number of urea groups is 1. The van der Waals surface area contributed by atoms with Gasteiger partial charge in [0.15, 0.2) is 5.82 Å². The number of hydrogen-bond acceptors (Lipinski definition) is 3. The Bertz CT molecular complexity index is 926. The second kappa shape index (κ2) is 7.24. The molecule has 0 N–H and O–H groups in total. The lowest BCUT2D eigenvalue weighted by molar-refractivity contribution is -0.137. The van der Waals surface area contributed by atoms with Crippen molar-refractivity contribution in [1.29, 1.82) is 0 Å². The van der Waals surface area contributed by atoms with E-state index in [1.807, 2.05) is 19.9 Å². The predicted octanol–water partition coefficient (Wildman–Crippen LogP) is 4.63. The summed E-state index contributed by atoms with van der Waals surface area (Å²) in [7, 11) is 0. The van der Waals surface area contributed by atoms with Crippen molar-refractivity contribution in [2.75, 3.05) is 36.0 Å². The minimum Gasteiger partial charge on any atom is -0.366 e. The molecule has 29 heavy (non-hydrogen) atoms. The van der Waals surface area contributed by atoms with Crippen LogP contribution in [0.5, 0.6) is 0 Å². The standard InChI is InChI=1S/C21H23F3N4O/c1-3-26(4-2)20(29)28-16-10-11-27(13-16)18-9-8-17(25-19(18)28)14-6-5-7-15(12-14)21(22,23)24/h5-9,12,16H,3-4,10-11,13H2,1-2H3/t16-/m0/s1. The number of anilines is 2. The van der Waals surface area contributed by atoms with E-state index in [-0.39, 0.29) is 12.1 Å². The smallest absolute Gasteiger partial charge is 0.366 e. The third-order valence-corrected chi connectivity index (χ3v) is 5.68. The van der Waals surface area contributed by atoms with Gasteiger partial charge in [0.1, 0.15) is 0 Å². The zero-order valence-corrected chi connectivity index (χ0v) is 16.4. The average molecular weight is 404 g/mol. The lowest BCUT2D eigenvalue weighted by atomic mass is 10.1. The van der Waals surface area contributed by atoms with Gasteiger partial charge in [0.2, 0.25) is 0 Å². The van der Waals surface area contributed by atoms with E-state index < -0.39 is 11.7 Å². The Morgan fingerprint density at radius 2 is 1.97 bits per heavy atom. The number of rotatable bonds is 3. The van der Waals surface area contributed by atoms with E-state index in [1.54, 1.807) is 21.9 Å². The van der Waals surface area contributed by atoms with Crippen molar-refractivity contribution in [2.45, 2.75) is 32.5 Å². The first-order valence-electron chi connectivity index (χ1n) is 9.85. The molecule has 0 spiro atoms. The van der Waals surface area contributed by atoms with E-state index in [0.717, 1.165) is 37.3 Å². The summed E-state index contributed by atoms with van der Waals surface area (Å²) in [6, 6.07) is 8.65. The van der Waals surface area contributed by atoms with Crippen LogP contribution in [0.15, 0.2) is 36.4 Å². The molecule has 0 saturated carbocycles. The molecule has 0 aliphatic carbocycles. The van der Waals surface area contributed by atoms with Crippen molar-refractivity contribution in [3.63, 3.8) is 0 Å². The molecule has 0 radical (unpaired) electrons. The van der Waals surface area contributed by atoms with Crippen molar-refractivity contribution >= 4 is 17.5 Å². The van der Waals surface area contributed by atoms with Crippen LogP contribution < -0.4 is 9.80 Å². The number of halogens is 3. The summed E-state index contributed by atoms with van der Waals surface area (Å²) >= 11 is 0. The third kappa shape index (κ3) is 3.41. The maximum absolute atomic E-state index is 13.2. The molecule has 2 bridgehead atoms. The van der Waals surface area contributed by atoms with Crippen molar-refractivity contribution < 1.29 is 18.0 Å². The Morgan fingerprint density at radius 3 is 2.66 bits per heavy atom. The summed E-state index contributed by atoms with van der Waals surface area (Å²) in [5.74, 6) is 0.533. The molecule has 4 rings (SSSR count). The molecule has 3 heterocycles. The normalized spacial score (nSPS) is 18.0. The highest BCUT2D eigenvalue weighted by molar-refractivity contribution is 5.97. The lowest BCUT2D eigenvalue weighted by Crippen LogP contribution is -2.52. The van der Waals surface area contributed by atoms with Gasteiger partial charge in [-0.2, -0.15) is 13.2 Å². The molecule has 1 aromatic heterocycles. The maximum atomic E-state index is 13.2. The zero-order chi connectivity index (χ0) is 20.8. The van der Waals surface area contributed by atoms with Crippen molar-refractivity contribution in [3.05, 3.63) is 42.0 Å². The van der Waals surface area contributed by atoms with Crippen LogP contribution in [-0.2, 0) is 6.18 Å². The summed E-state index contributed by atoms with van der Waals surface area (Å²) in [5, 5.41) is 0. The molecule has 2 aromatic rings. The average Bonchev–Trinajstić information content (AvgIpc) is 3.12. The number of hydrogen-bond donors (Lipinski definition) is 0. The molecule has 2 amide bonds. The number of carbonyl (C=O) groups excluding carboxylic acids is 1. The quantitative estimate of drug-likeness (QED) is 0.749. The predicted molar refractivity (Wildman–Crippen MR) is 106 cm³/mol. The molecular formula is C21H23F3N4O. The van der Waals surface area contributed by atoms with Gasteiger partial charge >= 0.3 is 12.2 Å². The second-order valence-corrected chi connectivity index (χ2v) is 7.33. The highest BCUT2D eigenvalue weighted by Gasteiger charge is 2.41. The fourth-order valence-corrected chi connectivity index (χ4v) is 4.12. The van der Waals surface area contributed by atoms with E-state index in [2.05, 4.69) is 9.88 Å². The van der Waals surface area contributed by atoms with Gasteiger partial charge in [0.25, 0.3) is 0 Å². The fourth-order valence-electron chi connectivity index (χ4n) is 4.12. The monoisotopic (exact) mass is 404 g/mol. The van der Waals surface area contributed by atoms with E-state index in [1.165, 1.54) is 6.07 Å². The molecule has 1 aromatic carbocycles. The maximum Gasteiger partial charge on any atom is 0.416 e. The van der Waals surface area contributed by atoms with Gasteiger partial charge < -0.3 is 9.80 Å². The number of aromatic nitrogens is 1. The van der Waals surface area contributed by atoms with Crippen LogP contribution in [0, 0.1) is 0 Å². The first kappa shape index (κ1) is 19.5. The van der Waals surface area contributed by atoms with Gasteiger partial charge in [-0.1, -0.05) is 12.1 Å². The Labute approximate surface area is 167 Å². The Hall–Kier alpha value is -2.77. The first-order chi connectivity index (χ1) is 13.8. The van der Waals surface area contributed by atoms with Gasteiger partial charge in [-0.15, -0.1) is 0 Å². The summed E-state index contributed by atoms with van der Waals surface area (Å²) in [4.78, 5) is 23.5. The largest absolute Gasteiger partial charge is 0.416 e. The van der Waals surface area contributed by atoms with Crippen molar-refractivity contribution in [3.8, 4) is 11.3 Å². The SMILES string of the molecule is CCN(CC)C(=O)N1c2nc(-c3cccc(C(F)(F)F)c3)ccc2N2CC[C@H]1C2. The number of amides is 2. The van der Waals surface area contributed by atoms with Crippen LogP contribution >= 0.6 is 0 Å². The molecule has 5 nitrogen and oxygen atoms in total. The van der Waals surface area contributed by atoms with Crippen molar-refractivity contribution in [1.82, 2.24) is 9.88 Å². The summed E-state index contributed by atoms with van der Waals surface area (Å²) in [5.41, 5.74) is 0.949. The lowest BCUT2D eigenvalue weighted by Gasteiger charge is -2.38. The van der Waals surface area contributed by atoms with E-state index in [4.69, 9.17) is 0 Å². The number of fused-ring (bicyclic) bond motifs is 4. The Balaban J connectivity index is 1.78. The molecule has 1 atom stereocenters. The molecule has 0 unspecified atom stereocenters. The summed E-state index contributed by atoms with van der Waals surface area (Å²) < 4.78 is 39.4. The van der Waals surface area contributed by atoms with Gasteiger partial charge in [-0.05, 0) is 44.5 Å². The first-order valence-corrected chi connectivity index (χ1v) is 9.85. The van der Waals surface area contributed by atoms with Crippen molar-refractivity contribution in [2.24, 2.45) is 0 Å².